The zero-order chi connectivity index (χ0) is 16.8. The van der Waals surface area contributed by atoms with E-state index in [1.165, 1.54) is 0 Å². The van der Waals surface area contributed by atoms with Crippen molar-refractivity contribution in [1.29, 1.82) is 0 Å². The number of fused-ring (bicyclic) bond motifs is 5. The van der Waals surface area contributed by atoms with Gasteiger partial charge in [0, 0.05) is 6.20 Å². The Bertz CT molecular complexity index is 728. The Labute approximate surface area is 139 Å². The average molecular weight is 325 g/mol. The van der Waals surface area contributed by atoms with Crippen molar-refractivity contribution in [3.05, 3.63) is 41.7 Å². The van der Waals surface area contributed by atoms with E-state index in [0.29, 0.717) is 6.54 Å². The van der Waals surface area contributed by atoms with E-state index in [1.807, 2.05) is 31.2 Å². The van der Waals surface area contributed by atoms with Crippen LogP contribution >= 0.6 is 0 Å². The van der Waals surface area contributed by atoms with Gasteiger partial charge in [-0.25, -0.2) is 0 Å². The Kier molecular flexibility index (Phi) is 3.48. The molecule has 3 aliphatic rings. The third-order valence-electron chi connectivity index (χ3n) is 5.43. The van der Waals surface area contributed by atoms with Crippen LogP contribution in [0.4, 0.5) is 0 Å². The smallest absolute Gasteiger partial charge is 0.240 e. The Hall–Kier alpha value is -2.50. The lowest BCUT2D eigenvalue weighted by atomic mass is 9.85. The first-order valence-electron chi connectivity index (χ1n) is 8.27. The van der Waals surface area contributed by atoms with Crippen LogP contribution < -0.4 is 5.32 Å². The summed E-state index contributed by atoms with van der Waals surface area (Å²) in [6.07, 6.45) is 6.66. The fraction of sp³-hybridized carbons (Fsp3) is 0.444. The lowest BCUT2D eigenvalue weighted by Crippen LogP contribution is -2.41. The van der Waals surface area contributed by atoms with Gasteiger partial charge in [-0.2, -0.15) is 0 Å². The summed E-state index contributed by atoms with van der Waals surface area (Å²) in [6.45, 7) is 2.02. The van der Waals surface area contributed by atoms with Crippen LogP contribution in [0.5, 0.6) is 0 Å². The molecule has 6 heteroatoms. The standard InChI is InChI=1S/C18H19N3O3/c1-10-3-2-6-19-13(10)8-20-14(22)9-21-17(23)15-11-4-5-12(7-11)16(15)18(21)24/h2-6,11-12,15-16H,7-9H2,1H3,(H,20,22)/t11-,12-,15-,16-/m0/s1. The fourth-order valence-corrected chi connectivity index (χ4v) is 4.21. The Balaban J connectivity index is 1.39. The molecule has 0 aromatic carbocycles. The van der Waals surface area contributed by atoms with E-state index in [-0.39, 0.29) is 47.9 Å². The third-order valence-corrected chi connectivity index (χ3v) is 5.43. The minimum Gasteiger partial charge on any atom is -0.349 e. The lowest BCUT2D eigenvalue weighted by molar-refractivity contribution is -0.144. The molecule has 1 aliphatic heterocycles. The van der Waals surface area contributed by atoms with Crippen LogP contribution in [0.1, 0.15) is 17.7 Å². The number of hydrogen-bond acceptors (Lipinski definition) is 4. The summed E-state index contributed by atoms with van der Waals surface area (Å²) in [4.78, 5) is 42.6. The first kappa shape index (κ1) is 15.1. The molecule has 2 fully saturated rings. The Morgan fingerprint density at radius 3 is 2.54 bits per heavy atom. The molecule has 1 aromatic rings. The second kappa shape index (κ2) is 5.54. The van der Waals surface area contributed by atoms with Crippen molar-refractivity contribution in [2.75, 3.05) is 6.54 Å². The van der Waals surface area contributed by atoms with Crippen LogP contribution in [0.2, 0.25) is 0 Å². The van der Waals surface area contributed by atoms with Gasteiger partial charge in [0.25, 0.3) is 0 Å². The van der Waals surface area contributed by atoms with Gasteiger partial charge in [-0.3, -0.25) is 24.3 Å². The van der Waals surface area contributed by atoms with Gasteiger partial charge in [-0.15, -0.1) is 0 Å². The minimum atomic E-state index is -0.331. The molecule has 24 heavy (non-hydrogen) atoms. The van der Waals surface area contributed by atoms with Gasteiger partial charge < -0.3 is 5.32 Å². The molecule has 3 amide bonds. The molecule has 1 N–H and O–H groups in total. The van der Waals surface area contributed by atoms with Crippen LogP contribution in [-0.4, -0.2) is 34.2 Å². The van der Waals surface area contributed by atoms with E-state index in [0.717, 1.165) is 22.6 Å². The highest BCUT2D eigenvalue weighted by molar-refractivity contribution is 6.08. The average Bonchev–Trinajstić information content (AvgIpc) is 3.24. The van der Waals surface area contributed by atoms with Crippen molar-refractivity contribution in [3.8, 4) is 0 Å². The molecule has 0 unspecified atom stereocenters. The predicted octanol–water partition coefficient (Wildman–Crippen LogP) is 0.813. The zero-order valence-electron chi connectivity index (χ0n) is 13.4. The van der Waals surface area contributed by atoms with Crippen LogP contribution in [-0.2, 0) is 20.9 Å². The summed E-state index contributed by atoms with van der Waals surface area (Å²) in [7, 11) is 0. The Morgan fingerprint density at radius 2 is 1.92 bits per heavy atom. The second-order valence-corrected chi connectivity index (χ2v) is 6.81. The molecular weight excluding hydrogens is 306 g/mol. The molecule has 1 saturated heterocycles. The first-order valence-corrected chi connectivity index (χ1v) is 8.27. The number of allylic oxidation sites excluding steroid dienone is 2. The number of carbonyl (C=O) groups is 3. The van der Waals surface area contributed by atoms with E-state index in [1.54, 1.807) is 6.20 Å². The molecule has 2 heterocycles. The summed E-state index contributed by atoms with van der Waals surface area (Å²) in [5.41, 5.74) is 1.77. The van der Waals surface area contributed by atoms with E-state index in [4.69, 9.17) is 0 Å². The molecule has 1 saturated carbocycles. The summed E-state index contributed by atoms with van der Waals surface area (Å²) in [6, 6.07) is 3.76. The van der Waals surface area contributed by atoms with Gasteiger partial charge in [0.2, 0.25) is 17.7 Å². The number of rotatable bonds is 4. The molecule has 4 rings (SSSR count). The van der Waals surface area contributed by atoms with Crippen LogP contribution in [0.15, 0.2) is 30.5 Å². The number of imide groups is 1. The van der Waals surface area contributed by atoms with Gasteiger partial charge in [0.15, 0.2) is 0 Å². The van der Waals surface area contributed by atoms with Gasteiger partial charge in [-0.05, 0) is 36.8 Å². The molecule has 2 aliphatic carbocycles. The zero-order valence-corrected chi connectivity index (χ0v) is 13.4. The third kappa shape index (κ3) is 2.25. The van der Waals surface area contributed by atoms with Crippen molar-refractivity contribution in [2.24, 2.45) is 23.7 Å². The van der Waals surface area contributed by atoms with E-state index in [9.17, 15) is 14.4 Å². The van der Waals surface area contributed by atoms with Crippen molar-refractivity contribution >= 4 is 17.7 Å². The molecule has 6 nitrogen and oxygen atoms in total. The molecule has 1 aromatic heterocycles. The highest BCUT2D eigenvalue weighted by Crippen LogP contribution is 2.52. The quantitative estimate of drug-likeness (QED) is 0.656. The highest BCUT2D eigenvalue weighted by atomic mass is 16.2. The number of amides is 3. The highest BCUT2D eigenvalue weighted by Gasteiger charge is 2.59. The van der Waals surface area contributed by atoms with Gasteiger partial charge in [-0.1, -0.05) is 18.2 Å². The second-order valence-electron chi connectivity index (χ2n) is 6.81. The number of carbonyl (C=O) groups excluding carboxylic acids is 3. The summed E-state index contributed by atoms with van der Waals surface area (Å²) in [5.74, 6) is -0.878. The van der Waals surface area contributed by atoms with Gasteiger partial charge in [0.05, 0.1) is 24.1 Å². The number of aromatic nitrogens is 1. The van der Waals surface area contributed by atoms with E-state index in [2.05, 4.69) is 10.3 Å². The number of likely N-dealkylation sites (tertiary alicyclic amines) is 1. The van der Waals surface area contributed by atoms with E-state index < -0.39 is 0 Å². The van der Waals surface area contributed by atoms with Gasteiger partial charge in [0.1, 0.15) is 6.54 Å². The van der Waals surface area contributed by atoms with E-state index >= 15 is 0 Å². The summed E-state index contributed by atoms with van der Waals surface area (Å²) >= 11 is 0. The molecule has 4 atom stereocenters. The van der Waals surface area contributed by atoms with Crippen molar-refractivity contribution < 1.29 is 14.4 Å². The lowest BCUT2D eigenvalue weighted by Gasteiger charge is -2.16. The summed E-state index contributed by atoms with van der Waals surface area (Å²) in [5, 5.41) is 2.75. The normalized spacial score (nSPS) is 30.1. The molecule has 2 bridgehead atoms. The maximum Gasteiger partial charge on any atom is 0.240 e. The maximum atomic E-state index is 12.5. The number of aryl methyl sites for hydroxylation is 1. The minimum absolute atomic E-state index is 0.167. The largest absolute Gasteiger partial charge is 0.349 e. The number of pyridine rings is 1. The first-order chi connectivity index (χ1) is 11.6. The number of nitrogens with zero attached hydrogens (tertiary/aromatic N) is 2. The molecule has 0 spiro atoms. The summed E-state index contributed by atoms with van der Waals surface area (Å²) < 4.78 is 0. The van der Waals surface area contributed by atoms with Gasteiger partial charge >= 0.3 is 0 Å². The van der Waals surface area contributed by atoms with Crippen molar-refractivity contribution in [3.63, 3.8) is 0 Å². The topological polar surface area (TPSA) is 79.4 Å². The molecule has 124 valence electrons. The fourth-order valence-electron chi connectivity index (χ4n) is 4.21. The molecular formula is C18H19N3O3. The number of hydrogen-bond donors (Lipinski definition) is 1. The number of nitrogens with one attached hydrogen (secondary N) is 1. The van der Waals surface area contributed by atoms with Crippen LogP contribution in [0, 0.1) is 30.6 Å². The predicted molar refractivity (Wildman–Crippen MR) is 85.3 cm³/mol. The van der Waals surface area contributed by atoms with Crippen molar-refractivity contribution in [2.45, 2.75) is 19.9 Å². The maximum absolute atomic E-state index is 12.5. The SMILES string of the molecule is Cc1cccnc1CNC(=O)CN1C(=O)[C@@H]2[C@@H](C1=O)[C@H]1C=C[C@H]2C1. The van der Waals surface area contributed by atoms with Crippen LogP contribution in [0.3, 0.4) is 0 Å². The molecule has 0 radical (unpaired) electrons. The van der Waals surface area contributed by atoms with Crippen LogP contribution in [0.25, 0.3) is 0 Å². The van der Waals surface area contributed by atoms with Crippen molar-refractivity contribution in [1.82, 2.24) is 15.2 Å². The monoisotopic (exact) mass is 325 g/mol. The Morgan fingerprint density at radius 1 is 1.25 bits per heavy atom.